The average molecular weight is 311 g/mol. The minimum absolute atomic E-state index is 0.0697. The normalized spacial score (nSPS) is 10.6. The third-order valence-electron chi connectivity index (χ3n) is 2.31. The molecule has 1 N–H and O–H groups in total. The van der Waals surface area contributed by atoms with Crippen LogP contribution in [0.15, 0.2) is 14.8 Å². The van der Waals surface area contributed by atoms with Gasteiger partial charge in [0, 0.05) is 0 Å². The van der Waals surface area contributed by atoms with Crippen LogP contribution in [-0.2, 0) is 4.79 Å². The van der Waals surface area contributed by atoms with Crippen molar-refractivity contribution in [1.29, 1.82) is 0 Å². The summed E-state index contributed by atoms with van der Waals surface area (Å²) in [6.45, 7) is 5.03. The summed E-state index contributed by atoms with van der Waals surface area (Å²) in [6.07, 6.45) is 0. The van der Waals surface area contributed by atoms with E-state index in [1.807, 2.05) is 0 Å². The van der Waals surface area contributed by atoms with Gasteiger partial charge in [0.25, 0.3) is 5.91 Å². The highest BCUT2D eigenvalue weighted by Gasteiger charge is 2.15. The number of carbonyl (C=O) groups is 2. The number of anilines is 1. The largest absolute Gasteiger partial charge is 0.466 e. The quantitative estimate of drug-likeness (QED) is 0.675. The summed E-state index contributed by atoms with van der Waals surface area (Å²) in [6, 6.07) is 1.68. The SMILES string of the molecule is CC(=O)CSc1nnc(NC(=O)c2cc(C)oc2C)s1. The van der Waals surface area contributed by atoms with E-state index in [0.717, 1.165) is 0 Å². The molecule has 0 radical (unpaired) electrons. The van der Waals surface area contributed by atoms with Crippen molar-refractivity contribution in [3.63, 3.8) is 0 Å². The molecular formula is C12H13N3O3S2. The Hall–Kier alpha value is -1.67. The number of carbonyl (C=O) groups excluding carboxylic acids is 2. The average Bonchev–Trinajstić information content (AvgIpc) is 2.93. The lowest BCUT2D eigenvalue weighted by atomic mass is 10.2. The van der Waals surface area contributed by atoms with Gasteiger partial charge in [0.2, 0.25) is 5.13 Å². The number of nitrogens with one attached hydrogen (secondary N) is 1. The molecule has 0 aliphatic rings. The van der Waals surface area contributed by atoms with Gasteiger partial charge in [-0.2, -0.15) is 0 Å². The maximum Gasteiger partial charge on any atom is 0.261 e. The van der Waals surface area contributed by atoms with Crippen LogP contribution in [0.4, 0.5) is 5.13 Å². The molecule has 0 atom stereocenters. The molecule has 1 amide bonds. The Morgan fingerprint density at radius 3 is 2.75 bits per heavy atom. The first kappa shape index (κ1) is 14.7. The molecular weight excluding hydrogens is 298 g/mol. The molecule has 0 aliphatic carbocycles. The minimum atomic E-state index is -0.279. The Balaban J connectivity index is 2.01. The van der Waals surface area contributed by atoms with Crippen LogP contribution in [0.25, 0.3) is 0 Å². The number of aromatic nitrogens is 2. The van der Waals surface area contributed by atoms with E-state index in [1.165, 1.54) is 30.0 Å². The first-order valence-corrected chi connectivity index (χ1v) is 7.60. The number of thioether (sulfide) groups is 1. The summed E-state index contributed by atoms with van der Waals surface area (Å²) in [4.78, 5) is 22.9. The second-order valence-electron chi connectivity index (χ2n) is 4.14. The van der Waals surface area contributed by atoms with Gasteiger partial charge in [-0.15, -0.1) is 10.2 Å². The third-order valence-corrected chi connectivity index (χ3v) is 4.43. The maximum absolute atomic E-state index is 12.0. The Morgan fingerprint density at radius 2 is 2.15 bits per heavy atom. The van der Waals surface area contributed by atoms with E-state index in [1.54, 1.807) is 19.9 Å². The summed E-state index contributed by atoms with van der Waals surface area (Å²) in [5, 5.41) is 10.8. The second-order valence-corrected chi connectivity index (χ2v) is 6.34. The van der Waals surface area contributed by atoms with Crippen LogP contribution >= 0.6 is 23.1 Å². The van der Waals surface area contributed by atoms with Crippen LogP contribution in [0.3, 0.4) is 0 Å². The Bertz CT molecular complexity index is 648. The number of amides is 1. The standard InChI is InChI=1S/C12H13N3O3S2/c1-6(16)5-19-12-15-14-11(20-12)13-10(17)9-4-7(2)18-8(9)3/h4H,5H2,1-3H3,(H,13,14,17). The molecule has 0 saturated heterocycles. The molecule has 0 fully saturated rings. The molecule has 2 heterocycles. The smallest absolute Gasteiger partial charge is 0.261 e. The minimum Gasteiger partial charge on any atom is -0.466 e. The fourth-order valence-corrected chi connectivity index (χ4v) is 3.05. The third kappa shape index (κ3) is 3.67. The van der Waals surface area contributed by atoms with Gasteiger partial charge in [0.15, 0.2) is 4.34 Å². The second kappa shape index (κ2) is 6.19. The zero-order chi connectivity index (χ0) is 14.7. The predicted octanol–water partition coefficient (Wildman–Crippen LogP) is 2.68. The maximum atomic E-state index is 12.0. The Morgan fingerprint density at radius 1 is 1.40 bits per heavy atom. The highest BCUT2D eigenvalue weighted by atomic mass is 32.2. The number of furan rings is 1. The molecule has 2 aromatic heterocycles. The van der Waals surface area contributed by atoms with Gasteiger partial charge in [0.05, 0.1) is 11.3 Å². The molecule has 0 bridgehead atoms. The molecule has 0 aromatic carbocycles. The van der Waals surface area contributed by atoms with Gasteiger partial charge >= 0.3 is 0 Å². The molecule has 20 heavy (non-hydrogen) atoms. The van der Waals surface area contributed by atoms with Crippen LogP contribution in [0, 0.1) is 13.8 Å². The summed E-state index contributed by atoms with van der Waals surface area (Å²) in [5.41, 5.74) is 0.482. The van der Waals surface area contributed by atoms with Crippen LogP contribution in [0.2, 0.25) is 0 Å². The van der Waals surface area contributed by atoms with Crippen LogP contribution < -0.4 is 5.32 Å². The van der Waals surface area contributed by atoms with Crippen LogP contribution in [0.1, 0.15) is 28.8 Å². The Kier molecular flexibility index (Phi) is 4.56. The van der Waals surface area contributed by atoms with Crippen molar-refractivity contribution in [2.45, 2.75) is 25.1 Å². The molecule has 0 spiro atoms. The number of hydrogen-bond acceptors (Lipinski definition) is 7. The number of nitrogens with zero attached hydrogens (tertiary/aromatic N) is 2. The van der Waals surface area contributed by atoms with Crippen molar-refractivity contribution in [2.24, 2.45) is 0 Å². The van der Waals surface area contributed by atoms with Crippen molar-refractivity contribution >= 4 is 39.9 Å². The first-order chi connectivity index (χ1) is 9.45. The monoisotopic (exact) mass is 311 g/mol. The summed E-state index contributed by atoms with van der Waals surface area (Å²) in [7, 11) is 0. The molecule has 2 rings (SSSR count). The fraction of sp³-hybridized carbons (Fsp3) is 0.333. The lowest BCUT2D eigenvalue weighted by Crippen LogP contribution is -2.11. The van der Waals surface area contributed by atoms with Gasteiger partial charge in [-0.3, -0.25) is 14.9 Å². The zero-order valence-corrected chi connectivity index (χ0v) is 12.9. The van der Waals surface area contributed by atoms with Crippen LogP contribution in [0.5, 0.6) is 0 Å². The van der Waals surface area contributed by atoms with E-state index in [0.29, 0.717) is 32.3 Å². The van der Waals surface area contributed by atoms with Crippen LogP contribution in [-0.4, -0.2) is 27.6 Å². The Labute approximate surface area is 124 Å². The predicted molar refractivity (Wildman–Crippen MR) is 77.4 cm³/mol. The molecule has 2 aromatic rings. The van der Waals surface area contributed by atoms with Gasteiger partial charge in [-0.05, 0) is 26.8 Å². The lowest BCUT2D eigenvalue weighted by molar-refractivity contribution is -0.114. The van der Waals surface area contributed by atoms with Gasteiger partial charge in [-0.25, -0.2) is 0 Å². The number of hydrogen-bond donors (Lipinski definition) is 1. The van der Waals surface area contributed by atoms with E-state index in [2.05, 4.69) is 15.5 Å². The molecule has 6 nitrogen and oxygen atoms in total. The molecule has 106 valence electrons. The first-order valence-electron chi connectivity index (χ1n) is 5.80. The summed E-state index contributed by atoms with van der Waals surface area (Å²) >= 11 is 2.54. The van der Waals surface area contributed by atoms with Crippen molar-refractivity contribution in [1.82, 2.24) is 10.2 Å². The van der Waals surface area contributed by atoms with Crippen molar-refractivity contribution < 1.29 is 14.0 Å². The highest BCUT2D eigenvalue weighted by Crippen LogP contribution is 2.26. The van der Waals surface area contributed by atoms with Gasteiger partial charge in [0.1, 0.15) is 17.3 Å². The number of aryl methyl sites for hydroxylation is 2. The molecule has 8 heteroatoms. The topological polar surface area (TPSA) is 85.1 Å². The molecule has 0 unspecified atom stereocenters. The van der Waals surface area contributed by atoms with E-state index in [9.17, 15) is 9.59 Å². The summed E-state index contributed by atoms with van der Waals surface area (Å²) in [5.74, 6) is 1.39. The van der Waals surface area contributed by atoms with E-state index >= 15 is 0 Å². The van der Waals surface area contributed by atoms with E-state index < -0.39 is 0 Å². The number of Topliss-reactive ketones (excluding diaryl/α,β-unsaturated/α-hetero) is 1. The highest BCUT2D eigenvalue weighted by molar-refractivity contribution is 8.01. The van der Waals surface area contributed by atoms with E-state index in [4.69, 9.17) is 4.42 Å². The fourth-order valence-electron chi connectivity index (χ4n) is 1.50. The number of rotatable bonds is 5. The zero-order valence-electron chi connectivity index (χ0n) is 11.2. The lowest BCUT2D eigenvalue weighted by Gasteiger charge is -1.98. The molecule has 0 aliphatic heterocycles. The van der Waals surface area contributed by atoms with Crippen molar-refractivity contribution in [3.8, 4) is 0 Å². The van der Waals surface area contributed by atoms with Gasteiger partial charge in [-0.1, -0.05) is 23.1 Å². The number of ketones is 1. The van der Waals surface area contributed by atoms with Crippen molar-refractivity contribution in [3.05, 3.63) is 23.2 Å². The van der Waals surface area contributed by atoms with E-state index in [-0.39, 0.29) is 11.7 Å². The summed E-state index contributed by atoms with van der Waals surface area (Å²) < 4.78 is 5.96. The van der Waals surface area contributed by atoms with Gasteiger partial charge < -0.3 is 4.42 Å². The van der Waals surface area contributed by atoms with Crippen molar-refractivity contribution in [2.75, 3.05) is 11.1 Å². The molecule has 0 saturated carbocycles.